The number of carbonyl (C=O) groups excluding carboxylic acids is 1. The Morgan fingerprint density at radius 3 is 2.00 bits per heavy atom. The van der Waals surface area contributed by atoms with Crippen LogP contribution in [0.15, 0.2) is 24.3 Å². The van der Waals surface area contributed by atoms with Crippen molar-refractivity contribution < 1.29 is 4.79 Å². The summed E-state index contributed by atoms with van der Waals surface area (Å²) in [5.41, 5.74) is 0.878. The lowest BCUT2D eigenvalue weighted by Gasteiger charge is -2.18. The summed E-state index contributed by atoms with van der Waals surface area (Å²) in [6.07, 6.45) is 17.3. The third-order valence-corrected chi connectivity index (χ3v) is 5.56. The van der Waals surface area contributed by atoms with Gasteiger partial charge in [-0.25, -0.2) is 0 Å². The standard InChI is InChI=1S/C21H29Cl2NO/c22-19-14-12-17(16-20(19)23)13-15-21(25)24-18-10-8-6-4-2-1-3-5-7-9-11-18/h12-16,18H,1-11H2,(H,24,25)/b15-13+. The van der Waals surface area contributed by atoms with Crippen LogP contribution in [-0.4, -0.2) is 11.9 Å². The molecule has 1 N–H and O–H groups in total. The van der Waals surface area contributed by atoms with Crippen molar-refractivity contribution in [2.24, 2.45) is 0 Å². The van der Waals surface area contributed by atoms with Crippen LogP contribution in [0.5, 0.6) is 0 Å². The van der Waals surface area contributed by atoms with Crippen LogP contribution in [0.25, 0.3) is 6.08 Å². The molecule has 2 rings (SSSR count). The minimum atomic E-state index is -0.0248. The number of halogens is 2. The Hall–Kier alpha value is -0.990. The average molecular weight is 382 g/mol. The highest BCUT2D eigenvalue weighted by molar-refractivity contribution is 6.42. The van der Waals surface area contributed by atoms with E-state index < -0.39 is 0 Å². The van der Waals surface area contributed by atoms with E-state index in [2.05, 4.69) is 5.32 Å². The second-order valence-electron chi connectivity index (χ2n) is 6.97. The normalized spacial score (nSPS) is 18.5. The lowest BCUT2D eigenvalue weighted by atomic mass is 9.98. The second kappa shape index (κ2) is 11.6. The van der Waals surface area contributed by atoms with Crippen LogP contribution in [0.2, 0.25) is 10.0 Å². The van der Waals surface area contributed by atoms with Gasteiger partial charge in [0.15, 0.2) is 0 Å². The molecule has 1 fully saturated rings. The lowest BCUT2D eigenvalue weighted by Crippen LogP contribution is -2.33. The molecule has 4 heteroatoms. The van der Waals surface area contributed by atoms with Crippen molar-refractivity contribution in [1.82, 2.24) is 5.32 Å². The van der Waals surface area contributed by atoms with E-state index in [4.69, 9.17) is 23.2 Å². The molecule has 1 amide bonds. The van der Waals surface area contributed by atoms with Crippen molar-refractivity contribution in [2.45, 2.75) is 76.7 Å². The van der Waals surface area contributed by atoms with Crippen LogP contribution in [0.1, 0.15) is 76.2 Å². The zero-order chi connectivity index (χ0) is 17.9. The van der Waals surface area contributed by atoms with Crippen LogP contribution in [-0.2, 0) is 4.79 Å². The molecule has 0 saturated heterocycles. The molecule has 138 valence electrons. The molecule has 0 bridgehead atoms. The molecule has 0 radical (unpaired) electrons. The van der Waals surface area contributed by atoms with Crippen LogP contribution < -0.4 is 5.32 Å². The molecule has 0 aromatic heterocycles. The first-order valence-electron chi connectivity index (χ1n) is 9.59. The molecule has 0 aliphatic heterocycles. The highest BCUT2D eigenvalue weighted by Gasteiger charge is 2.11. The van der Waals surface area contributed by atoms with Gasteiger partial charge in [0.05, 0.1) is 10.0 Å². The Balaban J connectivity index is 1.84. The maximum Gasteiger partial charge on any atom is 0.244 e. The molecule has 2 nitrogen and oxygen atoms in total. The quantitative estimate of drug-likeness (QED) is 0.573. The Morgan fingerprint density at radius 1 is 0.880 bits per heavy atom. The Bertz CT molecular complexity index is 559. The smallest absolute Gasteiger partial charge is 0.244 e. The summed E-state index contributed by atoms with van der Waals surface area (Å²) in [5, 5.41) is 4.21. The van der Waals surface area contributed by atoms with Gasteiger partial charge in [-0.05, 0) is 36.6 Å². The van der Waals surface area contributed by atoms with Gasteiger partial charge in [0.1, 0.15) is 0 Å². The Kier molecular flexibility index (Phi) is 9.42. The fourth-order valence-corrected chi connectivity index (χ4v) is 3.65. The van der Waals surface area contributed by atoms with Gasteiger partial charge < -0.3 is 5.32 Å². The van der Waals surface area contributed by atoms with Crippen molar-refractivity contribution in [3.05, 3.63) is 39.9 Å². The fourth-order valence-electron chi connectivity index (χ4n) is 3.34. The first kappa shape index (κ1) is 20.3. The third kappa shape index (κ3) is 8.29. The summed E-state index contributed by atoms with van der Waals surface area (Å²) in [7, 11) is 0. The topological polar surface area (TPSA) is 29.1 Å². The molecule has 0 heterocycles. The predicted octanol–water partition coefficient (Wildman–Crippen LogP) is 6.80. The molecular weight excluding hydrogens is 353 g/mol. The zero-order valence-electron chi connectivity index (χ0n) is 14.9. The van der Waals surface area contributed by atoms with Crippen molar-refractivity contribution >= 4 is 35.2 Å². The zero-order valence-corrected chi connectivity index (χ0v) is 16.4. The van der Waals surface area contributed by atoms with Crippen molar-refractivity contribution in [1.29, 1.82) is 0 Å². The highest BCUT2D eigenvalue weighted by atomic mass is 35.5. The molecule has 25 heavy (non-hydrogen) atoms. The van der Waals surface area contributed by atoms with Crippen LogP contribution >= 0.6 is 23.2 Å². The SMILES string of the molecule is O=C(/C=C/c1ccc(Cl)c(Cl)c1)NC1CCCCCCCCCCC1. The van der Waals surface area contributed by atoms with E-state index in [0.717, 1.165) is 18.4 Å². The minimum absolute atomic E-state index is 0.0248. The fraction of sp³-hybridized carbons (Fsp3) is 0.571. The molecule has 1 aliphatic rings. The summed E-state index contributed by atoms with van der Waals surface area (Å²) in [4.78, 5) is 12.3. The number of benzene rings is 1. The summed E-state index contributed by atoms with van der Waals surface area (Å²) in [5.74, 6) is -0.0248. The Morgan fingerprint density at radius 2 is 1.44 bits per heavy atom. The molecular formula is C21H29Cl2NO. The van der Waals surface area contributed by atoms with Crippen molar-refractivity contribution in [2.75, 3.05) is 0 Å². The number of hydrogen-bond donors (Lipinski definition) is 1. The first-order valence-corrected chi connectivity index (χ1v) is 10.3. The van der Waals surface area contributed by atoms with E-state index in [-0.39, 0.29) is 5.91 Å². The van der Waals surface area contributed by atoms with E-state index in [1.54, 1.807) is 24.3 Å². The second-order valence-corrected chi connectivity index (χ2v) is 7.79. The number of hydrogen-bond acceptors (Lipinski definition) is 1. The van der Waals surface area contributed by atoms with Crippen LogP contribution in [0.4, 0.5) is 0 Å². The predicted molar refractivity (Wildman–Crippen MR) is 108 cm³/mol. The summed E-state index contributed by atoms with van der Waals surface area (Å²) < 4.78 is 0. The molecule has 0 atom stereocenters. The van der Waals surface area contributed by atoms with Gasteiger partial charge >= 0.3 is 0 Å². The lowest BCUT2D eigenvalue weighted by molar-refractivity contribution is -0.117. The van der Waals surface area contributed by atoms with E-state index in [1.165, 1.54) is 57.8 Å². The summed E-state index contributed by atoms with van der Waals surface area (Å²) in [6, 6.07) is 5.66. The largest absolute Gasteiger partial charge is 0.350 e. The van der Waals surface area contributed by atoms with E-state index >= 15 is 0 Å². The molecule has 1 saturated carbocycles. The number of carbonyl (C=O) groups is 1. The summed E-state index contributed by atoms with van der Waals surface area (Å²) in [6.45, 7) is 0. The van der Waals surface area contributed by atoms with Crippen molar-refractivity contribution in [3.63, 3.8) is 0 Å². The molecule has 1 aromatic rings. The van der Waals surface area contributed by atoms with E-state index in [9.17, 15) is 4.79 Å². The van der Waals surface area contributed by atoms with Gasteiger partial charge in [0.2, 0.25) is 5.91 Å². The van der Waals surface area contributed by atoms with Gasteiger partial charge in [0.25, 0.3) is 0 Å². The van der Waals surface area contributed by atoms with Gasteiger partial charge in [0, 0.05) is 12.1 Å². The van der Waals surface area contributed by atoms with E-state index in [0.29, 0.717) is 16.1 Å². The minimum Gasteiger partial charge on any atom is -0.350 e. The maximum absolute atomic E-state index is 12.3. The average Bonchev–Trinajstić information content (AvgIpc) is 2.58. The number of amides is 1. The van der Waals surface area contributed by atoms with Crippen LogP contribution in [0, 0.1) is 0 Å². The molecule has 0 spiro atoms. The van der Waals surface area contributed by atoms with E-state index in [1.807, 2.05) is 6.07 Å². The number of rotatable bonds is 3. The van der Waals surface area contributed by atoms with Gasteiger partial charge in [-0.2, -0.15) is 0 Å². The maximum atomic E-state index is 12.3. The van der Waals surface area contributed by atoms with Gasteiger partial charge in [-0.1, -0.05) is 87.1 Å². The van der Waals surface area contributed by atoms with Gasteiger partial charge in [-0.3, -0.25) is 4.79 Å². The third-order valence-electron chi connectivity index (χ3n) is 4.82. The first-order chi connectivity index (χ1) is 12.1. The molecule has 1 aromatic carbocycles. The van der Waals surface area contributed by atoms with Crippen molar-refractivity contribution in [3.8, 4) is 0 Å². The highest BCUT2D eigenvalue weighted by Crippen LogP contribution is 2.23. The molecule has 0 unspecified atom stereocenters. The van der Waals surface area contributed by atoms with Gasteiger partial charge in [-0.15, -0.1) is 0 Å². The Labute approximate surface area is 162 Å². The monoisotopic (exact) mass is 381 g/mol. The molecule has 1 aliphatic carbocycles. The summed E-state index contributed by atoms with van der Waals surface area (Å²) >= 11 is 11.9. The van der Waals surface area contributed by atoms with Crippen LogP contribution in [0.3, 0.4) is 0 Å². The number of nitrogens with one attached hydrogen (secondary N) is 1.